The fraction of sp³-hybridized carbons (Fsp3) is 0.286. The third-order valence-electron chi connectivity index (χ3n) is 1.52. The Labute approximate surface area is 84.2 Å². The molecule has 0 spiro atoms. The molecule has 0 aliphatic rings. The fourth-order valence-electron chi connectivity index (χ4n) is 0.761. The first-order chi connectivity index (χ1) is 6.83. The van der Waals surface area contributed by atoms with Crippen LogP contribution in [0.3, 0.4) is 0 Å². The number of aromatic nitrogens is 1. The van der Waals surface area contributed by atoms with Crippen LogP contribution in [-0.4, -0.2) is 18.9 Å². The zero-order valence-corrected chi connectivity index (χ0v) is 8.14. The highest BCUT2D eigenvalue weighted by molar-refractivity contribution is 7.90. The third-order valence-corrected chi connectivity index (χ3v) is 2.65. The summed E-state index contributed by atoms with van der Waals surface area (Å²) in [5.41, 5.74) is -4.88. The van der Waals surface area contributed by atoms with Gasteiger partial charge in [-0.25, -0.2) is 13.1 Å². The summed E-state index contributed by atoms with van der Waals surface area (Å²) in [6.07, 6.45) is 2.72. The topological polar surface area (TPSA) is 59.1 Å². The van der Waals surface area contributed by atoms with E-state index < -0.39 is 22.1 Å². The average Bonchev–Trinajstić information content (AvgIpc) is 2.15. The number of pyridine rings is 1. The van der Waals surface area contributed by atoms with Crippen molar-refractivity contribution in [2.24, 2.45) is 0 Å². The average molecular weight is 240 g/mol. The predicted molar refractivity (Wildman–Crippen MR) is 46.1 cm³/mol. The number of halogens is 3. The number of alkyl halides is 3. The van der Waals surface area contributed by atoms with E-state index in [0.717, 1.165) is 0 Å². The molecule has 0 amide bonds. The largest absolute Gasteiger partial charge is 0.511 e. The summed E-state index contributed by atoms with van der Waals surface area (Å²) in [6, 6.07) is 2.83. The van der Waals surface area contributed by atoms with Crippen LogP contribution in [0.5, 0.6) is 0 Å². The Hall–Kier alpha value is -1.15. The zero-order chi connectivity index (χ0) is 11.5. The lowest BCUT2D eigenvalue weighted by atomic mass is 10.3. The van der Waals surface area contributed by atoms with Crippen molar-refractivity contribution in [2.75, 3.05) is 0 Å². The first-order valence-corrected chi connectivity index (χ1v) is 5.26. The van der Waals surface area contributed by atoms with Gasteiger partial charge in [-0.2, -0.15) is 13.2 Å². The van der Waals surface area contributed by atoms with Gasteiger partial charge in [-0.3, -0.25) is 4.98 Å². The van der Waals surface area contributed by atoms with E-state index in [4.69, 9.17) is 0 Å². The molecule has 0 radical (unpaired) electrons. The monoisotopic (exact) mass is 240 g/mol. The number of hydrogen-bond acceptors (Lipinski definition) is 3. The molecule has 1 heterocycles. The van der Waals surface area contributed by atoms with Gasteiger partial charge in [-0.15, -0.1) is 0 Å². The Morgan fingerprint density at radius 3 is 2.27 bits per heavy atom. The maximum Gasteiger partial charge on any atom is 0.511 e. The molecule has 0 aromatic carbocycles. The van der Waals surface area contributed by atoms with Crippen LogP contribution in [0.15, 0.2) is 24.5 Å². The highest BCUT2D eigenvalue weighted by Crippen LogP contribution is 2.21. The van der Waals surface area contributed by atoms with E-state index in [1.807, 2.05) is 0 Å². The van der Waals surface area contributed by atoms with Crippen molar-refractivity contribution in [3.8, 4) is 0 Å². The van der Waals surface area contributed by atoms with Crippen molar-refractivity contribution in [3.05, 3.63) is 30.1 Å². The number of nitrogens with zero attached hydrogens (tertiary/aromatic N) is 1. The van der Waals surface area contributed by atoms with Gasteiger partial charge in [-0.05, 0) is 17.7 Å². The Bertz CT molecular complexity index is 416. The van der Waals surface area contributed by atoms with Crippen LogP contribution in [0.2, 0.25) is 0 Å². The summed E-state index contributed by atoms with van der Waals surface area (Å²) in [5.74, 6) is 0. The second-order valence-corrected chi connectivity index (χ2v) is 4.38. The lowest BCUT2D eigenvalue weighted by molar-refractivity contribution is -0.0448. The Kier molecular flexibility index (Phi) is 3.30. The van der Waals surface area contributed by atoms with Crippen molar-refractivity contribution in [3.63, 3.8) is 0 Å². The molecule has 8 heteroatoms. The minimum atomic E-state index is -5.28. The smallest absolute Gasteiger partial charge is 0.265 e. The summed E-state index contributed by atoms with van der Waals surface area (Å²) in [7, 11) is -5.27. The first-order valence-electron chi connectivity index (χ1n) is 3.78. The van der Waals surface area contributed by atoms with Crippen molar-refractivity contribution >= 4 is 10.0 Å². The zero-order valence-electron chi connectivity index (χ0n) is 7.32. The second kappa shape index (κ2) is 4.15. The van der Waals surface area contributed by atoms with Crippen molar-refractivity contribution < 1.29 is 21.6 Å². The van der Waals surface area contributed by atoms with Crippen LogP contribution in [0.1, 0.15) is 5.56 Å². The van der Waals surface area contributed by atoms with Crippen LogP contribution in [-0.2, 0) is 16.6 Å². The molecule has 1 aromatic heterocycles. The van der Waals surface area contributed by atoms with Gasteiger partial charge in [0.25, 0.3) is 0 Å². The number of rotatable bonds is 3. The van der Waals surface area contributed by atoms with Crippen molar-refractivity contribution in [2.45, 2.75) is 12.1 Å². The summed E-state index contributed by atoms with van der Waals surface area (Å²) in [4.78, 5) is 3.64. The lowest BCUT2D eigenvalue weighted by Gasteiger charge is -2.08. The van der Waals surface area contributed by atoms with E-state index in [1.54, 1.807) is 0 Å². The first kappa shape index (κ1) is 11.9. The van der Waals surface area contributed by atoms with E-state index in [-0.39, 0.29) is 0 Å². The normalized spacial score (nSPS) is 12.7. The Morgan fingerprint density at radius 2 is 1.80 bits per heavy atom. The van der Waals surface area contributed by atoms with Gasteiger partial charge in [0.15, 0.2) is 0 Å². The van der Waals surface area contributed by atoms with Gasteiger partial charge in [0, 0.05) is 18.9 Å². The van der Waals surface area contributed by atoms with E-state index in [1.165, 1.54) is 29.2 Å². The number of hydrogen-bond donors (Lipinski definition) is 1. The molecule has 0 unspecified atom stereocenters. The lowest BCUT2D eigenvalue weighted by Crippen LogP contribution is -2.35. The number of sulfonamides is 1. The molecule has 0 fully saturated rings. The van der Waals surface area contributed by atoms with E-state index >= 15 is 0 Å². The quantitative estimate of drug-likeness (QED) is 0.858. The SMILES string of the molecule is O=S(=O)(NCc1ccncc1)C(F)(F)F. The molecule has 84 valence electrons. The summed E-state index contributed by atoms with van der Waals surface area (Å²) in [6.45, 7) is -0.412. The van der Waals surface area contributed by atoms with Gasteiger partial charge in [0.2, 0.25) is 0 Å². The van der Waals surface area contributed by atoms with Gasteiger partial charge < -0.3 is 0 Å². The minimum Gasteiger partial charge on any atom is -0.265 e. The van der Waals surface area contributed by atoms with Crippen LogP contribution in [0, 0.1) is 0 Å². The predicted octanol–water partition coefficient (Wildman–Crippen LogP) is 1.02. The molecule has 4 nitrogen and oxygen atoms in total. The minimum absolute atomic E-state index is 0.401. The molecule has 0 aliphatic carbocycles. The maximum absolute atomic E-state index is 11.9. The molecule has 0 saturated carbocycles. The summed E-state index contributed by atoms with van der Waals surface area (Å²) in [5, 5.41) is 0. The Balaban J connectivity index is 2.67. The fourth-order valence-corrected chi connectivity index (χ4v) is 1.28. The Morgan fingerprint density at radius 1 is 1.27 bits per heavy atom. The number of nitrogens with one attached hydrogen (secondary N) is 1. The van der Waals surface area contributed by atoms with Crippen LogP contribution in [0.4, 0.5) is 13.2 Å². The molecule has 0 saturated heterocycles. The summed E-state index contributed by atoms with van der Waals surface area (Å²) < 4.78 is 58.2. The standard InChI is InChI=1S/C7H7F3N2O2S/c8-7(9,10)15(13,14)12-5-6-1-3-11-4-2-6/h1-4,12H,5H2. The van der Waals surface area contributed by atoms with E-state index in [9.17, 15) is 21.6 Å². The molecule has 15 heavy (non-hydrogen) atoms. The van der Waals surface area contributed by atoms with Gasteiger partial charge >= 0.3 is 15.5 Å². The van der Waals surface area contributed by atoms with Crippen molar-refractivity contribution in [1.29, 1.82) is 0 Å². The molecule has 1 N–H and O–H groups in total. The molecule has 0 bridgehead atoms. The second-order valence-electron chi connectivity index (χ2n) is 2.63. The molecular formula is C7H7F3N2O2S. The highest BCUT2D eigenvalue weighted by Gasteiger charge is 2.45. The van der Waals surface area contributed by atoms with Crippen LogP contribution in [0.25, 0.3) is 0 Å². The highest BCUT2D eigenvalue weighted by atomic mass is 32.2. The third kappa shape index (κ3) is 3.17. The van der Waals surface area contributed by atoms with E-state index in [2.05, 4.69) is 4.98 Å². The molecule has 0 atom stereocenters. The van der Waals surface area contributed by atoms with Crippen LogP contribution < -0.4 is 4.72 Å². The van der Waals surface area contributed by atoms with E-state index in [0.29, 0.717) is 5.56 Å². The van der Waals surface area contributed by atoms with Crippen molar-refractivity contribution in [1.82, 2.24) is 9.71 Å². The summed E-state index contributed by atoms with van der Waals surface area (Å²) >= 11 is 0. The van der Waals surface area contributed by atoms with Gasteiger partial charge in [0.05, 0.1) is 0 Å². The molecule has 0 aliphatic heterocycles. The molecular weight excluding hydrogens is 233 g/mol. The molecule has 1 rings (SSSR count). The maximum atomic E-state index is 11.9. The van der Waals surface area contributed by atoms with Gasteiger partial charge in [-0.1, -0.05) is 0 Å². The van der Waals surface area contributed by atoms with Crippen LogP contribution >= 0.6 is 0 Å². The van der Waals surface area contributed by atoms with Gasteiger partial charge in [0.1, 0.15) is 0 Å². The molecule has 1 aromatic rings.